The number of nitrogens with one attached hydrogen (secondary N) is 2. The molecule has 0 saturated heterocycles. The van der Waals surface area contributed by atoms with E-state index >= 15 is 0 Å². The lowest BCUT2D eigenvalue weighted by molar-refractivity contribution is -0.139. The summed E-state index contributed by atoms with van der Waals surface area (Å²) in [4.78, 5) is 26.7. The molecule has 0 spiro atoms. The third-order valence-corrected chi connectivity index (χ3v) is 3.32. The first-order valence-corrected chi connectivity index (χ1v) is 7.71. The van der Waals surface area contributed by atoms with Crippen LogP contribution in [0.5, 0.6) is 5.88 Å². The zero-order chi connectivity index (χ0) is 15.7. The Morgan fingerprint density at radius 1 is 1.48 bits per heavy atom. The highest BCUT2D eigenvalue weighted by molar-refractivity contribution is 7.98. The van der Waals surface area contributed by atoms with Crippen LogP contribution in [0.3, 0.4) is 0 Å². The van der Waals surface area contributed by atoms with E-state index in [9.17, 15) is 9.59 Å². The molecular weight excluding hydrogens is 294 g/mol. The number of aliphatic carboxylic acids is 1. The van der Waals surface area contributed by atoms with Crippen molar-refractivity contribution >= 4 is 23.8 Å². The van der Waals surface area contributed by atoms with Crippen molar-refractivity contribution in [2.75, 3.05) is 19.1 Å². The highest BCUT2D eigenvalue weighted by atomic mass is 32.2. The van der Waals surface area contributed by atoms with Crippen molar-refractivity contribution in [3.8, 4) is 5.88 Å². The Bertz CT molecular complexity index is 467. The summed E-state index contributed by atoms with van der Waals surface area (Å²) in [5.41, 5.74) is 0.793. The van der Waals surface area contributed by atoms with Crippen molar-refractivity contribution in [2.24, 2.45) is 0 Å². The van der Waals surface area contributed by atoms with E-state index in [1.807, 2.05) is 6.26 Å². The van der Waals surface area contributed by atoms with Gasteiger partial charge in [-0.1, -0.05) is 6.07 Å². The van der Waals surface area contributed by atoms with Crippen LogP contribution in [0.2, 0.25) is 0 Å². The van der Waals surface area contributed by atoms with Gasteiger partial charge in [-0.2, -0.15) is 11.8 Å². The van der Waals surface area contributed by atoms with Crippen molar-refractivity contribution in [1.29, 1.82) is 0 Å². The highest BCUT2D eigenvalue weighted by Gasteiger charge is 2.18. The standard InChI is InChI=1S/C13H19N3O4S/c1-20-11-4-3-9(7-14-11)8-15-13(19)16-10(12(17)18)5-6-21-2/h3-4,7,10H,5-6,8H2,1-2H3,(H,17,18)(H2,15,16,19)/t10-/m0/s1. The summed E-state index contributed by atoms with van der Waals surface area (Å²) < 4.78 is 4.93. The zero-order valence-electron chi connectivity index (χ0n) is 12.0. The van der Waals surface area contributed by atoms with Gasteiger partial charge in [0.15, 0.2) is 0 Å². The van der Waals surface area contributed by atoms with Gasteiger partial charge in [-0.15, -0.1) is 0 Å². The third-order valence-electron chi connectivity index (χ3n) is 2.67. The Kier molecular flexibility index (Phi) is 7.38. The fourth-order valence-corrected chi connectivity index (χ4v) is 1.99. The molecule has 0 unspecified atom stereocenters. The van der Waals surface area contributed by atoms with E-state index < -0.39 is 18.0 Å². The minimum Gasteiger partial charge on any atom is -0.481 e. The van der Waals surface area contributed by atoms with E-state index in [4.69, 9.17) is 9.84 Å². The average molecular weight is 313 g/mol. The number of amides is 2. The fraction of sp³-hybridized carbons (Fsp3) is 0.462. The van der Waals surface area contributed by atoms with Crippen molar-refractivity contribution in [3.63, 3.8) is 0 Å². The maximum atomic E-state index is 11.7. The van der Waals surface area contributed by atoms with E-state index in [1.165, 1.54) is 18.9 Å². The molecule has 116 valence electrons. The highest BCUT2D eigenvalue weighted by Crippen LogP contribution is 2.06. The molecule has 2 amide bonds. The maximum Gasteiger partial charge on any atom is 0.326 e. The lowest BCUT2D eigenvalue weighted by Crippen LogP contribution is -2.46. The van der Waals surface area contributed by atoms with Gasteiger partial charge in [0.05, 0.1) is 7.11 Å². The molecule has 1 aromatic rings. The number of thioether (sulfide) groups is 1. The fourth-order valence-electron chi connectivity index (χ4n) is 1.52. The minimum absolute atomic E-state index is 0.262. The molecule has 0 aliphatic heterocycles. The molecule has 0 aliphatic carbocycles. The number of pyridine rings is 1. The van der Waals surface area contributed by atoms with E-state index in [-0.39, 0.29) is 6.54 Å². The predicted molar refractivity (Wildman–Crippen MR) is 80.6 cm³/mol. The molecule has 0 aliphatic rings. The van der Waals surface area contributed by atoms with E-state index in [1.54, 1.807) is 18.3 Å². The number of carboxylic acid groups (broad SMARTS) is 1. The third kappa shape index (κ3) is 6.35. The number of nitrogens with zero attached hydrogens (tertiary/aromatic N) is 1. The molecule has 1 aromatic heterocycles. The van der Waals surface area contributed by atoms with Crippen molar-refractivity contribution in [2.45, 2.75) is 19.0 Å². The summed E-state index contributed by atoms with van der Waals surface area (Å²) >= 11 is 1.53. The van der Waals surface area contributed by atoms with Gasteiger partial charge in [0.25, 0.3) is 0 Å². The van der Waals surface area contributed by atoms with Crippen molar-refractivity contribution in [1.82, 2.24) is 15.6 Å². The van der Waals surface area contributed by atoms with E-state index in [0.717, 1.165) is 5.56 Å². The van der Waals surface area contributed by atoms with E-state index in [0.29, 0.717) is 18.1 Å². The molecule has 0 bridgehead atoms. The Morgan fingerprint density at radius 3 is 2.76 bits per heavy atom. The molecule has 1 heterocycles. The number of aromatic nitrogens is 1. The van der Waals surface area contributed by atoms with Gasteiger partial charge in [-0.3, -0.25) is 0 Å². The van der Waals surface area contributed by atoms with Gasteiger partial charge in [0.2, 0.25) is 5.88 Å². The number of methoxy groups -OCH3 is 1. The molecule has 21 heavy (non-hydrogen) atoms. The van der Waals surface area contributed by atoms with Gasteiger partial charge in [-0.05, 0) is 24.0 Å². The number of ether oxygens (including phenoxy) is 1. The molecule has 3 N–H and O–H groups in total. The van der Waals surface area contributed by atoms with Crippen LogP contribution in [0.15, 0.2) is 18.3 Å². The molecule has 0 radical (unpaired) electrons. The van der Waals surface area contributed by atoms with Crippen molar-refractivity contribution in [3.05, 3.63) is 23.9 Å². The van der Waals surface area contributed by atoms with Gasteiger partial charge >= 0.3 is 12.0 Å². The second kappa shape index (κ2) is 9.06. The van der Waals surface area contributed by atoms with Crippen LogP contribution in [-0.2, 0) is 11.3 Å². The second-order valence-electron chi connectivity index (χ2n) is 4.21. The first-order chi connectivity index (χ1) is 10.1. The smallest absolute Gasteiger partial charge is 0.326 e. The lowest BCUT2D eigenvalue weighted by Gasteiger charge is -2.14. The molecule has 8 heteroatoms. The first-order valence-electron chi connectivity index (χ1n) is 6.32. The van der Waals surface area contributed by atoms with Gasteiger partial charge in [0, 0.05) is 18.8 Å². The summed E-state index contributed by atoms with van der Waals surface area (Å²) in [6, 6.07) is 2.06. The second-order valence-corrected chi connectivity index (χ2v) is 5.19. The Labute approximate surface area is 127 Å². The average Bonchev–Trinajstić information content (AvgIpc) is 2.49. The summed E-state index contributed by atoms with van der Waals surface area (Å²) in [6.45, 7) is 0.262. The van der Waals surface area contributed by atoms with E-state index in [2.05, 4.69) is 15.6 Å². The summed E-state index contributed by atoms with van der Waals surface area (Å²) in [7, 11) is 1.52. The number of carboxylic acids is 1. The lowest BCUT2D eigenvalue weighted by atomic mass is 10.2. The minimum atomic E-state index is -1.04. The number of rotatable bonds is 8. The van der Waals surface area contributed by atoms with Crippen LogP contribution >= 0.6 is 11.8 Å². The number of carbonyl (C=O) groups is 2. The normalized spacial score (nSPS) is 11.5. The molecular formula is C13H19N3O4S. The SMILES string of the molecule is COc1ccc(CNC(=O)N[C@@H](CCSC)C(=O)O)cn1. The maximum absolute atomic E-state index is 11.7. The molecule has 0 fully saturated rings. The van der Waals surface area contributed by atoms with Gasteiger partial charge in [0.1, 0.15) is 6.04 Å². The van der Waals surface area contributed by atoms with Crippen molar-refractivity contribution < 1.29 is 19.4 Å². The summed E-state index contributed by atoms with van der Waals surface area (Å²) in [6.07, 6.45) is 3.85. The number of carbonyl (C=O) groups excluding carboxylic acids is 1. The quantitative estimate of drug-likeness (QED) is 0.664. The Balaban J connectivity index is 2.42. The number of urea groups is 1. The molecule has 7 nitrogen and oxygen atoms in total. The Morgan fingerprint density at radius 2 is 2.24 bits per heavy atom. The van der Waals surface area contributed by atoms with Gasteiger partial charge in [-0.25, -0.2) is 14.6 Å². The Hall–Kier alpha value is -1.96. The summed E-state index contributed by atoms with van der Waals surface area (Å²) in [5, 5.41) is 14.0. The zero-order valence-corrected chi connectivity index (χ0v) is 12.8. The summed E-state index contributed by atoms with van der Waals surface area (Å²) in [5.74, 6) is 0.121. The van der Waals surface area contributed by atoms with Gasteiger partial charge < -0.3 is 20.5 Å². The predicted octanol–water partition coefficient (Wildman–Crippen LogP) is 1.10. The largest absolute Gasteiger partial charge is 0.481 e. The van der Waals surface area contributed by atoms with Crippen LogP contribution < -0.4 is 15.4 Å². The van der Waals surface area contributed by atoms with Crippen LogP contribution in [-0.4, -0.2) is 47.3 Å². The molecule has 1 atom stereocenters. The van der Waals surface area contributed by atoms with Crippen LogP contribution in [0, 0.1) is 0 Å². The number of hydrogen-bond donors (Lipinski definition) is 3. The first kappa shape index (κ1) is 17.1. The molecule has 1 rings (SSSR count). The van der Waals surface area contributed by atoms with Crippen LogP contribution in [0.4, 0.5) is 4.79 Å². The molecule has 0 saturated carbocycles. The topological polar surface area (TPSA) is 101 Å². The van der Waals surface area contributed by atoms with Crippen LogP contribution in [0.25, 0.3) is 0 Å². The van der Waals surface area contributed by atoms with Crippen LogP contribution in [0.1, 0.15) is 12.0 Å². The molecule has 0 aromatic carbocycles. The number of hydrogen-bond acceptors (Lipinski definition) is 5. The monoisotopic (exact) mass is 313 g/mol.